The Morgan fingerprint density at radius 3 is 2.19 bits per heavy atom. The van der Waals surface area contributed by atoms with E-state index in [1.54, 1.807) is 0 Å². The van der Waals surface area contributed by atoms with Crippen LogP contribution in [0.2, 0.25) is 11.1 Å². The van der Waals surface area contributed by atoms with Crippen molar-refractivity contribution in [1.82, 2.24) is 5.32 Å². The number of amides is 1. The zero-order valence-electron chi connectivity index (χ0n) is 16.3. The summed E-state index contributed by atoms with van der Waals surface area (Å²) in [6.45, 7) is 8.99. The first-order valence-electron chi connectivity index (χ1n) is 9.46. The van der Waals surface area contributed by atoms with Crippen molar-refractivity contribution in [3.63, 3.8) is 0 Å². The zero-order valence-corrected chi connectivity index (χ0v) is 17.3. The van der Waals surface area contributed by atoms with Crippen LogP contribution in [0, 0.1) is 0 Å². The summed E-state index contributed by atoms with van der Waals surface area (Å²) in [6.07, 6.45) is 1.15. The molecule has 0 aromatic heterocycles. The fraction of sp³-hybridized carbons (Fsp3) is 0.409. The number of hydrogen-bond donors (Lipinski definition) is 2. The Balaban J connectivity index is 1.97. The van der Waals surface area contributed by atoms with E-state index in [-0.39, 0.29) is 17.0 Å². The van der Waals surface area contributed by atoms with E-state index >= 15 is 0 Å². The van der Waals surface area contributed by atoms with E-state index in [0.717, 1.165) is 16.3 Å². The number of hydrogen-bond acceptors (Lipinski definition) is 2. The smallest absolute Gasteiger partial charge is 0.225 e. The molecule has 26 heavy (non-hydrogen) atoms. The first-order chi connectivity index (χ1) is 12.3. The lowest BCUT2D eigenvalue weighted by Gasteiger charge is -2.33. The molecule has 0 spiro atoms. The van der Waals surface area contributed by atoms with Crippen molar-refractivity contribution < 1.29 is 9.59 Å². The van der Waals surface area contributed by atoms with Crippen LogP contribution in [-0.2, 0) is 17.8 Å². The highest BCUT2D eigenvalue weighted by atomic mass is 28.4. The van der Waals surface area contributed by atoms with Gasteiger partial charge in [0.2, 0.25) is 14.2 Å². The van der Waals surface area contributed by atoms with Crippen LogP contribution in [0.4, 0.5) is 0 Å². The molecule has 0 bridgehead atoms. The molecule has 2 rings (SSSR count). The third-order valence-electron chi connectivity index (χ3n) is 5.12. The maximum atomic E-state index is 12.1. The van der Waals surface area contributed by atoms with Crippen LogP contribution in [0.1, 0.15) is 45.2 Å². The predicted octanol–water partition coefficient (Wildman–Crippen LogP) is 3.90. The van der Waals surface area contributed by atoms with E-state index in [1.165, 1.54) is 0 Å². The number of benzene rings is 2. The number of carbonyl (C=O) groups excluding carboxylic acids is 1. The second kappa shape index (κ2) is 9.15. The molecule has 1 amide bonds. The van der Waals surface area contributed by atoms with Crippen molar-refractivity contribution in [2.75, 3.05) is 0 Å². The topological polar surface area (TPSA) is 49.3 Å². The lowest BCUT2D eigenvalue weighted by atomic mass is 10.1. The molecule has 140 valence electrons. The van der Waals surface area contributed by atoms with Gasteiger partial charge in [-0.05, 0) is 33.8 Å². The summed E-state index contributed by atoms with van der Waals surface area (Å²) in [5.41, 5.74) is 2.73. The zero-order chi connectivity index (χ0) is 19.2. The molecule has 0 heterocycles. The van der Waals surface area contributed by atoms with Gasteiger partial charge in [0.25, 0.3) is 0 Å². The average Bonchev–Trinajstić information content (AvgIpc) is 2.64. The van der Waals surface area contributed by atoms with Gasteiger partial charge >= 0.3 is 0 Å². The fourth-order valence-electron chi connectivity index (χ4n) is 3.45. The van der Waals surface area contributed by atoms with Crippen LogP contribution in [0.15, 0.2) is 54.6 Å². The summed E-state index contributed by atoms with van der Waals surface area (Å²) in [4.78, 5) is 23.4. The molecular weight excluding hydrogens is 338 g/mol. The van der Waals surface area contributed by atoms with E-state index in [4.69, 9.17) is 0 Å². The SMILES string of the molecule is CC(C)[Si](O)(c1cccc(CCC(=O)NCc2ccccc2)c1)C(C)C. The molecule has 0 unspecified atom stereocenters. The summed E-state index contributed by atoms with van der Waals surface area (Å²) < 4.78 is 0. The Labute approximate surface area is 158 Å². The maximum absolute atomic E-state index is 12.1. The molecule has 0 aliphatic heterocycles. The van der Waals surface area contributed by atoms with Gasteiger partial charge in [-0.25, -0.2) is 0 Å². The average molecular weight is 370 g/mol. The molecule has 0 fully saturated rings. The standard InChI is InChI=1S/C22H31NO2Si/c1-17(2)26(25,18(3)4)21-12-8-11-19(15-21)13-14-22(24)23-16-20-9-6-5-7-10-20/h5-12,15,17-18,25H,13-14,16H2,1-4H3,(H,23,24). The number of aryl methyl sites for hydroxylation is 1. The minimum absolute atomic E-state index is 0.0551. The first kappa shape index (κ1) is 20.4. The van der Waals surface area contributed by atoms with Crippen LogP contribution < -0.4 is 10.5 Å². The predicted molar refractivity (Wildman–Crippen MR) is 111 cm³/mol. The minimum Gasteiger partial charge on any atom is -0.427 e. The Bertz CT molecular complexity index is 705. The number of nitrogens with one attached hydrogen (secondary N) is 1. The van der Waals surface area contributed by atoms with Crippen LogP contribution in [-0.4, -0.2) is 19.0 Å². The molecule has 0 aliphatic rings. The fourth-order valence-corrected chi connectivity index (χ4v) is 6.90. The summed E-state index contributed by atoms with van der Waals surface area (Å²) >= 11 is 0. The summed E-state index contributed by atoms with van der Waals surface area (Å²) in [5, 5.41) is 4.04. The molecule has 3 nitrogen and oxygen atoms in total. The van der Waals surface area contributed by atoms with Crippen LogP contribution in [0.5, 0.6) is 0 Å². The van der Waals surface area contributed by atoms with Gasteiger partial charge in [-0.15, -0.1) is 0 Å². The van der Waals surface area contributed by atoms with Crippen molar-refractivity contribution in [2.45, 2.75) is 58.2 Å². The minimum atomic E-state index is -2.53. The molecule has 2 aromatic carbocycles. The summed E-state index contributed by atoms with van der Waals surface area (Å²) in [5.74, 6) is 0.0551. The third-order valence-corrected chi connectivity index (χ3v) is 9.88. The van der Waals surface area contributed by atoms with Crippen molar-refractivity contribution in [3.8, 4) is 0 Å². The Kier molecular flexibility index (Phi) is 7.18. The normalized spacial score (nSPS) is 11.8. The highest BCUT2D eigenvalue weighted by Crippen LogP contribution is 2.29. The van der Waals surface area contributed by atoms with E-state index in [0.29, 0.717) is 19.4 Å². The molecule has 0 atom stereocenters. The van der Waals surface area contributed by atoms with Crippen LogP contribution in [0.25, 0.3) is 0 Å². The van der Waals surface area contributed by atoms with Crippen LogP contribution in [0.3, 0.4) is 0 Å². The number of carbonyl (C=O) groups is 1. The summed E-state index contributed by atoms with van der Waals surface area (Å²) in [6, 6.07) is 18.1. The van der Waals surface area contributed by atoms with Gasteiger partial charge in [0.15, 0.2) is 0 Å². The van der Waals surface area contributed by atoms with Crippen molar-refractivity contribution in [1.29, 1.82) is 0 Å². The van der Waals surface area contributed by atoms with Gasteiger partial charge in [0.05, 0.1) is 0 Å². The van der Waals surface area contributed by atoms with Crippen molar-refractivity contribution in [3.05, 3.63) is 65.7 Å². The molecule has 0 radical (unpaired) electrons. The van der Waals surface area contributed by atoms with Crippen LogP contribution >= 0.6 is 0 Å². The molecular formula is C22H31NO2Si. The molecule has 0 saturated heterocycles. The lowest BCUT2D eigenvalue weighted by molar-refractivity contribution is -0.121. The largest absolute Gasteiger partial charge is 0.427 e. The van der Waals surface area contributed by atoms with Gasteiger partial charge in [-0.1, -0.05) is 82.3 Å². The third kappa shape index (κ3) is 5.05. The van der Waals surface area contributed by atoms with Gasteiger partial charge in [0.1, 0.15) is 0 Å². The van der Waals surface area contributed by atoms with E-state index in [9.17, 15) is 9.59 Å². The van der Waals surface area contributed by atoms with Crippen molar-refractivity contribution >= 4 is 19.4 Å². The molecule has 0 saturated carbocycles. The van der Waals surface area contributed by atoms with Gasteiger partial charge < -0.3 is 10.1 Å². The quantitative estimate of drug-likeness (QED) is 0.693. The highest BCUT2D eigenvalue weighted by Gasteiger charge is 2.40. The molecule has 2 N–H and O–H groups in total. The second-order valence-corrected chi connectivity index (χ2v) is 12.1. The first-order valence-corrected chi connectivity index (χ1v) is 11.6. The van der Waals surface area contributed by atoms with Crippen molar-refractivity contribution in [2.24, 2.45) is 0 Å². The Morgan fingerprint density at radius 1 is 0.962 bits per heavy atom. The van der Waals surface area contributed by atoms with E-state index in [2.05, 4.69) is 39.1 Å². The molecule has 0 aliphatic carbocycles. The monoisotopic (exact) mass is 369 g/mol. The number of rotatable bonds is 8. The molecule has 2 aromatic rings. The van der Waals surface area contributed by atoms with E-state index < -0.39 is 8.32 Å². The molecule has 4 heteroatoms. The van der Waals surface area contributed by atoms with Gasteiger partial charge in [0, 0.05) is 13.0 Å². The highest BCUT2D eigenvalue weighted by molar-refractivity contribution is 6.87. The summed E-state index contributed by atoms with van der Waals surface area (Å²) in [7, 11) is -2.53. The maximum Gasteiger partial charge on any atom is 0.225 e. The lowest BCUT2D eigenvalue weighted by Crippen LogP contribution is -2.53. The Morgan fingerprint density at radius 2 is 1.58 bits per heavy atom. The second-order valence-electron chi connectivity index (χ2n) is 7.60. The Hall–Kier alpha value is -1.91. The van der Waals surface area contributed by atoms with Gasteiger partial charge in [-0.2, -0.15) is 0 Å². The van der Waals surface area contributed by atoms with Gasteiger partial charge in [-0.3, -0.25) is 4.79 Å². The van der Waals surface area contributed by atoms with E-state index in [1.807, 2.05) is 48.5 Å².